The van der Waals surface area contributed by atoms with Crippen molar-refractivity contribution in [2.45, 2.75) is 38.8 Å². The Morgan fingerprint density at radius 2 is 2.20 bits per heavy atom. The maximum atomic E-state index is 11.7. The molecule has 112 valence electrons. The first-order chi connectivity index (χ1) is 9.35. The molecule has 0 saturated carbocycles. The van der Waals surface area contributed by atoms with Gasteiger partial charge in [0.25, 0.3) is 0 Å². The second-order valence-corrected chi connectivity index (χ2v) is 5.45. The number of carbonyl (C=O) groups is 1. The van der Waals surface area contributed by atoms with E-state index < -0.39 is 11.7 Å². The van der Waals surface area contributed by atoms with Crippen LogP contribution in [0.25, 0.3) is 0 Å². The van der Waals surface area contributed by atoms with Crippen molar-refractivity contribution in [2.24, 2.45) is 5.73 Å². The molecule has 1 atom stereocenters. The van der Waals surface area contributed by atoms with E-state index in [0.717, 1.165) is 5.56 Å². The number of amides is 1. The molecule has 1 heterocycles. The van der Waals surface area contributed by atoms with Crippen molar-refractivity contribution in [2.75, 3.05) is 13.7 Å². The van der Waals surface area contributed by atoms with Crippen LogP contribution in [0.3, 0.4) is 0 Å². The number of nitrogens with zero attached hydrogens (tertiary/aromatic N) is 1. The zero-order valence-electron chi connectivity index (χ0n) is 12.5. The van der Waals surface area contributed by atoms with Gasteiger partial charge in [-0.1, -0.05) is 6.07 Å². The lowest BCUT2D eigenvalue weighted by Gasteiger charge is -2.23. The fraction of sp³-hybridized carbons (Fsp3) is 0.571. The molecule has 0 fully saturated rings. The molecule has 0 bridgehead atoms. The largest absolute Gasteiger partial charge is 0.481 e. The second-order valence-electron chi connectivity index (χ2n) is 5.45. The highest BCUT2D eigenvalue weighted by Gasteiger charge is 2.20. The minimum Gasteiger partial charge on any atom is -0.481 e. The van der Waals surface area contributed by atoms with Crippen LogP contribution in [-0.4, -0.2) is 36.4 Å². The van der Waals surface area contributed by atoms with Crippen LogP contribution in [0.2, 0.25) is 0 Å². The van der Waals surface area contributed by atoms with Crippen LogP contribution in [-0.2, 0) is 11.2 Å². The number of carbonyl (C=O) groups excluding carboxylic acids is 1. The predicted molar refractivity (Wildman–Crippen MR) is 76.7 cm³/mol. The van der Waals surface area contributed by atoms with E-state index in [1.165, 1.54) is 0 Å². The molecule has 0 aliphatic rings. The Balaban J connectivity index is 2.65. The number of ether oxygens (including phenoxy) is 2. The fourth-order valence-corrected chi connectivity index (χ4v) is 1.70. The number of nitrogens with two attached hydrogens (primary N) is 1. The van der Waals surface area contributed by atoms with Crippen molar-refractivity contribution in [1.82, 2.24) is 10.3 Å². The number of pyridine rings is 1. The van der Waals surface area contributed by atoms with E-state index in [-0.39, 0.29) is 6.04 Å². The van der Waals surface area contributed by atoms with Gasteiger partial charge in [-0.15, -0.1) is 0 Å². The maximum absolute atomic E-state index is 11.7. The molecule has 0 aromatic carbocycles. The van der Waals surface area contributed by atoms with Gasteiger partial charge in [0.2, 0.25) is 5.88 Å². The first-order valence-electron chi connectivity index (χ1n) is 6.53. The van der Waals surface area contributed by atoms with E-state index >= 15 is 0 Å². The zero-order valence-corrected chi connectivity index (χ0v) is 12.5. The Hall–Kier alpha value is -1.82. The van der Waals surface area contributed by atoms with Crippen LogP contribution < -0.4 is 15.8 Å². The first kappa shape index (κ1) is 16.2. The van der Waals surface area contributed by atoms with Crippen molar-refractivity contribution in [1.29, 1.82) is 0 Å². The summed E-state index contributed by atoms with van der Waals surface area (Å²) in [4.78, 5) is 15.9. The third-order valence-corrected chi connectivity index (χ3v) is 2.52. The molecule has 1 unspecified atom stereocenters. The number of methoxy groups -OCH3 is 1. The molecule has 6 nitrogen and oxygen atoms in total. The average molecular weight is 281 g/mol. The summed E-state index contributed by atoms with van der Waals surface area (Å²) in [6, 6.07) is 3.48. The van der Waals surface area contributed by atoms with E-state index in [4.69, 9.17) is 15.2 Å². The van der Waals surface area contributed by atoms with Crippen molar-refractivity contribution in [3.63, 3.8) is 0 Å². The van der Waals surface area contributed by atoms with E-state index in [1.807, 2.05) is 32.9 Å². The number of alkyl carbamates (subject to hydrolysis) is 1. The SMILES string of the molecule is COc1ncccc1CC(CN)NC(=O)OC(C)(C)C. The average Bonchev–Trinajstić information content (AvgIpc) is 2.36. The van der Waals surface area contributed by atoms with Gasteiger partial charge in [0.1, 0.15) is 5.60 Å². The summed E-state index contributed by atoms with van der Waals surface area (Å²) in [5.74, 6) is 0.539. The Kier molecular flexibility index (Phi) is 5.76. The molecule has 1 aromatic heterocycles. The Bertz CT molecular complexity index is 444. The number of nitrogens with one attached hydrogen (secondary N) is 1. The van der Waals surface area contributed by atoms with Gasteiger partial charge in [0.15, 0.2) is 0 Å². The van der Waals surface area contributed by atoms with Crippen molar-refractivity contribution >= 4 is 6.09 Å². The van der Waals surface area contributed by atoms with Gasteiger partial charge in [-0.25, -0.2) is 9.78 Å². The monoisotopic (exact) mass is 281 g/mol. The van der Waals surface area contributed by atoms with Crippen LogP contribution >= 0.6 is 0 Å². The highest BCUT2D eigenvalue weighted by Crippen LogP contribution is 2.15. The van der Waals surface area contributed by atoms with Crippen molar-refractivity contribution in [3.8, 4) is 5.88 Å². The Morgan fingerprint density at radius 3 is 2.75 bits per heavy atom. The third kappa shape index (κ3) is 5.44. The van der Waals surface area contributed by atoms with E-state index in [2.05, 4.69) is 10.3 Å². The maximum Gasteiger partial charge on any atom is 0.407 e. The van der Waals surface area contributed by atoms with Gasteiger partial charge in [-0.2, -0.15) is 0 Å². The Labute approximate surface area is 119 Å². The first-order valence-corrected chi connectivity index (χ1v) is 6.53. The molecule has 0 aliphatic heterocycles. The van der Waals surface area contributed by atoms with Gasteiger partial charge >= 0.3 is 6.09 Å². The predicted octanol–water partition coefficient (Wildman–Crippen LogP) is 1.48. The standard InChI is InChI=1S/C14H23N3O3/c1-14(2,3)20-13(18)17-11(9-15)8-10-6-5-7-16-12(10)19-4/h5-7,11H,8-9,15H2,1-4H3,(H,17,18). The van der Waals surface area contributed by atoms with Gasteiger partial charge in [-0.05, 0) is 33.3 Å². The van der Waals surface area contributed by atoms with Gasteiger partial charge in [0, 0.05) is 24.3 Å². The van der Waals surface area contributed by atoms with Gasteiger partial charge < -0.3 is 20.5 Å². The molecule has 3 N–H and O–H groups in total. The summed E-state index contributed by atoms with van der Waals surface area (Å²) in [7, 11) is 1.56. The van der Waals surface area contributed by atoms with Crippen LogP contribution in [0.4, 0.5) is 4.79 Å². The summed E-state index contributed by atoms with van der Waals surface area (Å²) >= 11 is 0. The highest BCUT2D eigenvalue weighted by molar-refractivity contribution is 5.68. The summed E-state index contributed by atoms with van der Waals surface area (Å²) in [6.45, 7) is 5.74. The summed E-state index contributed by atoms with van der Waals surface area (Å²) in [5.41, 5.74) is 6.05. The number of hydrogen-bond donors (Lipinski definition) is 2. The van der Waals surface area contributed by atoms with Crippen molar-refractivity contribution in [3.05, 3.63) is 23.9 Å². The molecule has 0 saturated heterocycles. The van der Waals surface area contributed by atoms with E-state index in [9.17, 15) is 4.79 Å². The molecule has 0 spiro atoms. The summed E-state index contributed by atoms with van der Waals surface area (Å²) < 4.78 is 10.4. The number of aromatic nitrogens is 1. The molecule has 0 radical (unpaired) electrons. The number of hydrogen-bond acceptors (Lipinski definition) is 5. The molecule has 0 aliphatic carbocycles. The quantitative estimate of drug-likeness (QED) is 0.853. The molecular weight excluding hydrogens is 258 g/mol. The number of rotatable bonds is 5. The second kappa shape index (κ2) is 7.09. The van der Waals surface area contributed by atoms with Crippen LogP contribution in [0.15, 0.2) is 18.3 Å². The fourth-order valence-electron chi connectivity index (χ4n) is 1.70. The smallest absolute Gasteiger partial charge is 0.407 e. The lowest BCUT2D eigenvalue weighted by atomic mass is 10.1. The molecular formula is C14H23N3O3. The van der Waals surface area contributed by atoms with E-state index in [1.54, 1.807) is 13.3 Å². The van der Waals surface area contributed by atoms with Crippen LogP contribution in [0, 0.1) is 0 Å². The Morgan fingerprint density at radius 1 is 1.50 bits per heavy atom. The van der Waals surface area contributed by atoms with Gasteiger partial charge in [-0.3, -0.25) is 0 Å². The topological polar surface area (TPSA) is 86.5 Å². The molecule has 1 rings (SSSR count). The van der Waals surface area contributed by atoms with Crippen LogP contribution in [0.5, 0.6) is 5.88 Å². The normalized spacial score (nSPS) is 12.7. The molecule has 1 amide bonds. The summed E-state index contributed by atoms with van der Waals surface area (Å²) in [5, 5.41) is 2.75. The minimum absolute atomic E-state index is 0.233. The minimum atomic E-state index is -0.533. The lowest BCUT2D eigenvalue weighted by molar-refractivity contribution is 0.0505. The van der Waals surface area contributed by atoms with Crippen molar-refractivity contribution < 1.29 is 14.3 Å². The van der Waals surface area contributed by atoms with Crippen LogP contribution in [0.1, 0.15) is 26.3 Å². The van der Waals surface area contributed by atoms with E-state index in [0.29, 0.717) is 18.8 Å². The molecule has 6 heteroatoms. The lowest BCUT2D eigenvalue weighted by Crippen LogP contribution is -2.44. The zero-order chi connectivity index (χ0) is 15.2. The highest BCUT2D eigenvalue weighted by atomic mass is 16.6. The van der Waals surface area contributed by atoms with Gasteiger partial charge in [0.05, 0.1) is 7.11 Å². The summed E-state index contributed by atoms with van der Waals surface area (Å²) in [6.07, 6.45) is 1.71. The molecule has 1 aromatic rings. The third-order valence-electron chi connectivity index (χ3n) is 2.52. The molecule has 20 heavy (non-hydrogen) atoms.